The van der Waals surface area contributed by atoms with Crippen LogP contribution in [-0.4, -0.2) is 29.2 Å². The molecule has 4 N–H and O–H groups in total. The summed E-state index contributed by atoms with van der Waals surface area (Å²) in [6, 6.07) is 0. The van der Waals surface area contributed by atoms with Gasteiger partial charge in [0, 0.05) is 25.1 Å². The van der Waals surface area contributed by atoms with Crippen molar-refractivity contribution in [2.24, 2.45) is 5.84 Å². The van der Waals surface area contributed by atoms with Crippen molar-refractivity contribution in [1.29, 1.82) is 0 Å². The van der Waals surface area contributed by atoms with Crippen molar-refractivity contribution in [3.63, 3.8) is 0 Å². The van der Waals surface area contributed by atoms with Crippen LogP contribution in [0, 0.1) is 6.92 Å². The number of aromatic nitrogens is 2. The summed E-state index contributed by atoms with van der Waals surface area (Å²) in [7, 11) is 1.79. The van der Waals surface area contributed by atoms with Gasteiger partial charge >= 0.3 is 0 Å². The van der Waals surface area contributed by atoms with Gasteiger partial charge in [-0.2, -0.15) is 0 Å². The van der Waals surface area contributed by atoms with Crippen molar-refractivity contribution < 1.29 is 4.74 Å². The van der Waals surface area contributed by atoms with Crippen molar-refractivity contribution in [3.8, 4) is 0 Å². The minimum atomic E-state index is -0.0204. The molecule has 0 radical (unpaired) electrons. The fraction of sp³-hybridized carbons (Fsp3) is 0.714. The number of nitrogens with two attached hydrogens (primary N) is 1. The van der Waals surface area contributed by atoms with Crippen LogP contribution in [0.15, 0.2) is 0 Å². The highest BCUT2D eigenvalue weighted by Gasteiger charge is 2.37. The second kappa shape index (κ2) is 5.18. The first-order valence-electron chi connectivity index (χ1n) is 7.31. The van der Waals surface area contributed by atoms with Crippen LogP contribution in [0.2, 0.25) is 0 Å². The monoisotopic (exact) mass is 277 g/mol. The van der Waals surface area contributed by atoms with E-state index in [1.54, 1.807) is 7.11 Å². The summed E-state index contributed by atoms with van der Waals surface area (Å²) >= 11 is 0. The van der Waals surface area contributed by atoms with E-state index in [1.807, 2.05) is 6.92 Å². The molecule has 2 aliphatic rings. The molecule has 0 aromatic carbocycles. The Bertz CT molecular complexity index is 491. The molecule has 0 aliphatic heterocycles. The van der Waals surface area contributed by atoms with Crippen molar-refractivity contribution in [2.75, 3.05) is 24.4 Å². The van der Waals surface area contributed by atoms with Crippen LogP contribution in [0.4, 0.5) is 11.6 Å². The first-order valence-corrected chi connectivity index (χ1v) is 7.31. The van der Waals surface area contributed by atoms with Crippen LogP contribution in [0.1, 0.15) is 49.4 Å². The lowest BCUT2D eigenvalue weighted by molar-refractivity contribution is -0.0601. The van der Waals surface area contributed by atoms with Gasteiger partial charge in [-0.25, -0.2) is 15.8 Å². The zero-order valence-electron chi connectivity index (χ0n) is 12.2. The molecule has 3 rings (SSSR count). The number of nitrogens with zero attached hydrogens (tertiary/aromatic N) is 2. The van der Waals surface area contributed by atoms with Gasteiger partial charge in [-0.1, -0.05) is 0 Å². The number of rotatable bonds is 6. The average molecular weight is 277 g/mol. The third kappa shape index (κ3) is 2.45. The molecule has 1 aromatic rings. The highest BCUT2D eigenvalue weighted by atomic mass is 16.5. The fourth-order valence-corrected chi connectivity index (χ4v) is 2.64. The van der Waals surface area contributed by atoms with Crippen LogP contribution >= 0.6 is 0 Å². The van der Waals surface area contributed by atoms with E-state index in [9.17, 15) is 0 Å². The van der Waals surface area contributed by atoms with E-state index < -0.39 is 0 Å². The van der Waals surface area contributed by atoms with Crippen LogP contribution in [-0.2, 0) is 4.74 Å². The number of nitrogen functional groups attached to an aromatic ring is 1. The molecule has 0 bridgehead atoms. The number of hydrazine groups is 1. The normalized spacial score (nSPS) is 20.4. The summed E-state index contributed by atoms with van der Waals surface area (Å²) in [6.07, 6.45) is 5.81. The number of methoxy groups -OCH3 is 1. The van der Waals surface area contributed by atoms with E-state index in [4.69, 9.17) is 10.6 Å². The number of nitrogens with one attached hydrogen (secondary N) is 2. The quantitative estimate of drug-likeness (QED) is 0.544. The molecule has 2 saturated carbocycles. The third-order valence-electron chi connectivity index (χ3n) is 4.52. The Balaban J connectivity index is 1.78. The molecule has 110 valence electrons. The van der Waals surface area contributed by atoms with E-state index >= 15 is 0 Å². The smallest absolute Gasteiger partial charge is 0.148 e. The minimum Gasteiger partial charge on any atom is -0.376 e. The molecule has 6 nitrogen and oxygen atoms in total. The van der Waals surface area contributed by atoms with Crippen molar-refractivity contribution in [3.05, 3.63) is 11.4 Å². The summed E-state index contributed by atoms with van der Waals surface area (Å²) in [5.74, 6) is 8.55. The Kier molecular flexibility index (Phi) is 3.52. The average Bonchev–Trinajstić information content (AvgIpc) is 3.24. The highest BCUT2D eigenvalue weighted by Crippen LogP contribution is 2.40. The van der Waals surface area contributed by atoms with Crippen LogP contribution in [0.5, 0.6) is 0 Å². The van der Waals surface area contributed by atoms with Crippen LogP contribution < -0.4 is 16.6 Å². The fourth-order valence-electron chi connectivity index (χ4n) is 2.64. The molecular formula is C14H23N5O. The molecule has 0 spiro atoms. The lowest BCUT2D eigenvalue weighted by atomic mass is 9.80. The summed E-state index contributed by atoms with van der Waals surface area (Å²) in [6.45, 7) is 2.77. The first-order chi connectivity index (χ1) is 9.67. The number of anilines is 2. The zero-order valence-corrected chi connectivity index (χ0v) is 12.2. The summed E-state index contributed by atoms with van der Waals surface area (Å²) in [4.78, 5) is 9.16. The molecular weight excluding hydrogens is 254 g/mol. The van der Waals surface area contributed by atoms with Gasteiger partial charge in [-0.15, -0.1) is 0 Å². The maximum atomic E-state index is 5.64. The molecule has 6 heteroatoms. The first kappa shape index (κ1) is 13.6. The van der Waals surface area contributed by atoms with Gasteiger partial charge in [0.2, 0.25) is 0 Å². The van der Waals surface area contributed by atoms with Crippen molar-refractivity contribution in [1.82, 2.24) is 9.97 Å². The molecule has 20 heavy (non-hydrogen) atoms. The molecule has 2 fully saturated rings. The number of hydrogen-bond donors (Lipinski definition) is 3. The summed E-state index contributed by atoms with van der Waals surface area (Å²) in [5, 5.41) is 3.43. The maximum absolute atomic E-state index is 5.64. The molecule has 2 aliphatic carbocycles. The second-order valence-electron chi connectivity index (χ2n) is 5.92. The Morgan fingerprint density at radius 3 is 2.50 bits per heavy atom. The van der Waals surface area contributed by atoms with E-state index in [2.05, 4.69) is 20.7 Å². The van der Waals surface area contributed by atoms with Gasteiger partial charge in [0.1, 0.15) is 17.5 Å². The SMILES string of the molecule is COC1(CNc2nc(C3CC3)nc(NN)c2C)CCC1. The molecule has 1 heterocycles. The second-order valence-corrected chi connectivity index (χ2v) is 5.92. The Hall–Kier alpha value is -1.40. The van der Waals surface area contributed by atoms with Crippen LogP contribution in [0.3, 0.4) is 0 Å². The number of ether oxygens (including phenoxy) is 1. The molecule has 0 amide bonds. The predicted molar refractivity (Wildman–Crippen MR) is 78.6 cm³/mol. The predicted octanol–water partition coefficient (Wildman–Crippen LogP) is 1.93. The largest absolute Gasteiger partial charge is 0.376 e. The van der Waals surface area contributed by atoms with E-state index in [-0.39, 0.29) is 5.60 Å². The molecule has 1 aromatic heterocycles. The molecule has 0 unspecified atom stereocenters. The van der Waals surface area contributed by atoms with Gasteiger partial charge < -0.3 is 15.5 Å². The van der Waals surface area contributed by atoms with Crippen LogP contribution in [0.25, 0.3) is 0 Å². The van der Waals surface area contributed by atoms with Gasteiger partial charge in [-0.3, -0.25) is 0 Å². The lowest BCUT2D eigenvalue weighted by Gasteiger charge is -2.40. The van der Waals surface area contributed by atoms with Crippen molar-refractivity contribution in [2.45, 2.75) is 50.5 Å². The standard InChI is InChI=1S/C14H23N5O/c1-9-11(16-8-14(20-2)6-3-7-14)17-13(10-4-5-10)18-12(9)19-15/h10H,3-8,15H2,1-2H3,(H2,16,17,18,19). The van der Waals surface area contributed by atoms with E-state index in [1.165, 1.54) is 19.3 Å². The lowest BCUT2D eigenvalue weighted by Crippen LogP contribution is -2.45. The highest BCUT2D eigenvalue weighted by molar-refractivity contribution is 5.57. The Morgan fingerprint density at radius 1 is 1.30 bits per heavy atom. The Labute approximate surface area is 119 Å². The van der Waals surface area contributed by atoms with Gasteiger partial charge in [0.15, 0.2) is 0 Å². The van der Waals surface area contributed by atoms with E-state index in [0.29, 0.717) is 11.7 Å². The van der Waals surface area contributed by atoms with Crippen molar-refractivity contribution >= 4 is 11.6 Å². The van der Waals surface area contributed by atoms with E-state index in [0.717, 1.165) is 36.6 Å². The number of hydrogen-bond acceptors (Lipinski definition) is 6. The topological polar surface area (TPSA) is 85.1 Å². The maximum Gasteiger partial charge on any atom is 0.148 e. The van der Waals surface area contributed by atoms with Gasteiger partial charge in [0.05, 0.1) is 5.60 Å². The van der Waals surface area contributed by atoms with Gasteiger partial charge in [0.25, 0.3) is 0 Å². The third-order valence-corrected chi connectivity index (χ3v) is 4.52. The summed E-state index contributed by atoms with van der Waals surface area (Å²) in [5.41, 5.74) is 3.62. The molecule has 0 saturated heterocycles. The summed E-state index contributed by atoms with van der Waals surface area (Å²) < 4.78 is 5.64. The van der Waals surface area contributed by atoms with Gasteiger partial charge in [-0.05, 0) is 39.0 Å². The zero-order chi connectivity index (χ0) is 14.2. The molecule has 0 atom stereocenters. The minimum absolute atomic E-state index is 0.0204. The Morgan fingerprint density at radius 2 is 2.00 bits per heavy atom.